The Balaban J connectivity index is 1.91. The number of hydrogen-bond acceptors (Lipinski definition) is 4. The molecular formula is C17H21NO3S. The molecule has 118 valence electrons. The molecule has 5 heteroatoms. The molecule has 1 aromatic heterocycles. The minimum atomic E-state index is -0.850. The van der Waals surface area contributed by atoms with Crippen LogP contribution >= 0.6 is 11.3 Å². The molecule has 0 aliphatic rings. The van der Waals surface area contributed by atoms with Gasteiger partial charge in [-0.05, 0) is 25.5 Å². The summed E-state index contributed by atoms with van der Waals surface area (Å²) in [6, 6.07) is 7.99. The maximum Gasteiger partial charge on any atom is 0.309 e. The number of carbonyl (C=O) groups is 1. The number of thiazole rings is 1. The number of hydrogen-bond donors (Lipinski definition) is 1. The van der Waals surface area contributed by atoms with Crippen molar-refractivity contribution in [1.29, 1.82) is 0 Å². The van der Waals surface area contributed by atoms with Crippen LogP contribution in [0.25, 0.3) is 0 Å². The Morgan fingerprint density at radius 1 is 1.32 bits per heavy atom. The summed E-state index contributed by atoms with van der Waals surface area (Å²) in [5.74, 6) is 0.0180. The van der Waals surface area contributed by atoms with Crippen LogP contribution in [0, 0.1) is 6.92 Å². The third-order valence-corrected chi connectivity index (χ3v) is 4.74. The first-order valence-electron chi connectivity index (χ1n) is 7.23. The van der Waals surface area contributed by atoms with E-state index in [1.54, 1.807) is 0 Å². The van der Waals surface area contributed by atoms with E-state index in [-0.39, 0.29) is 11.8 Å². The van der Waals surface area contributed by atoms with E-state index >= 15 is 0 Å². The third-order valence-electron chi connectivity index (χ3n) is 3.48. The second-order valence-electron chi connectivity index (χ2n) is 6.01. The summed E-state index contributed by atoms with van der Waals surface area (Å²) in [6.07, 6.45) is 0.799. The van der Waals surface area contributed by atoms with Crippen LogP contribution < -0.4 is 4.74 Å². The SMILES string of the molecule is Cc1ccc(OCCC(C)(C)c2nc(CC(=O)O)cs2)cc1. The summed E-state index contributed by atoms with van der Waals surface area (Å²) >= 11 is 1.52. The van der Waals surface area contributed by atoms with Gasteiger partial charge in [-0.3, -0.25) is 4.79 Å². The van der Waals surface area contributed by atoms with Gasteiger partial charge in [-0.25, -0.2) is 4.98 Å². The molecule has 0 amide bonds. The van der Waals surface area contributed by atoms with Gasteiger partial charge in [0.1, 0.15) is 5.75 Å². The van der Waals surface area contributed by atoms with Crippen molar-refractivity contribution < 1.29 is 14.6 Å². The molecule has 2 aromatic rings. The van der Waals surface area contributed by atoms with Crippen LogP contribution in [0.1, 0.15) is 36.5 Å². The molecule has 4 nitrogen and oxygen atoms in total. The normalized spacial score (nSPS) is 11.4. The first kappa shape index (κ1) is 16.5. The number of carboxylic acid groups (broad SMARTS) is 1. The molecule has 1 heterocycles. The van der Waals surface area contributed by atoms with Crippen LogP contribution in [0.3, 0.4) is 0 Å². The number of nitrogens with zero attached hydrogens (tertiary/aromatic N) is 1. The highest BCUT2D eigenvalue weighted by atomic mass is 32.1. The lowest BCUT2D eigenvalue weighted by atomic mass is 9.90. The van der Waals surface area contributed by atoms with Crippen LogP contribution in [0.5, 0.6) is 5.75 Å². The van der Waals surface area contributed by atoms with E-state index in [1.165, 1.54) is 16.9 Å². The Hall–Kier alpha value is -1.88. The van der Waals surface area contributed by atoms with E-state index in [2.05, 4.69) is 18.8 Å². The number of ether oxygens (including phenoxy) is 1. The zero-order valence-electron chi connectivity index (χ0n) is 13.1. The predicted molar refractivity (Wildman–Crippen MR) is 87.8 cm³/mol. The summed E-state index contributed by atoms with van der Waals surface area (Å²) < 4.78 is 5.77. The van der Waals surface area contributed by atoms with E-state index in [0.29, 0.717) is 12.3 Å². The molecule has 22 heavy (non-hydrogen) atoms. The van der Waals surface area contributed by atoms with Gasteiger partial charge in [-0.2, -0.15) is 0 Å². The molecule has 1 aromatic carbocycles. The minimum Gasteiger partial charge on any atom is -0.494 e. The summed E-state index contributed by atoms with van der Waals surface area (Å²) in [5, 5.41) is 11.6. The summed E-state index contributed by atoms with van der Waals surface area (Å²) in [5.41, 5.74) is 1.70. The van der Waals surface area contributed by atoms with Gasteiger partial charge < -0.3 is 9.84 Å². The lowest BCUT2D eigenvalue weighted by Crippen LogP contribution is -2.20. The lowest BCUT2D eigenvalue weighted by Gasteiger charge is -2.22. The van der Waals surface area contributed by atoms with Crippen LogP contribution in [-0.2, 0) is 16.6 Å². The van der Waals surface area contributed by atoms with Crippen molar-refractivity contribution in [3.8, 4) is 5.75 Å². The fraction of sp³-hybridized carbons (Fsp3) is 0.412. The monoisotopic (exact) mass is 319 g/mol. The summed E-state index contributed by atoms with van der Waals surface area (Å²) in [6.45, 7) is 6.86. The largest absolute Gasteiger partial charge is 0.494 e. The number of aryl methyl sites for hydroxylation is 1. The summed E-state index contributed by atoms with van der Waals surface area (Å²) in [4.78, 5) is 15.2. The van der Waals surface area contributed by atoms with E-state index in [1.807, 2.05) is 36.6 Å². The summed E-state index contributed by atoms with van der Waals surface area (Å²) in [7, 11) is 0. The number of rotatable bonds is 7. The average Bonchev–Trinajstić information content (AvgIpc) is 2.89. The van der Waals surface area contributed by atoms with E-state index < -0.39 is 5.97 Å². The first-order chi connectivity index (χ1) is 10.4. The fourth-order valence-electron chi connectivity index (χ4n) is 2.02. The quantitative estimate of drug-likeness (QED) is 0.842. The van der Waals surface area contributed by atoms with Crippen molar-refractivity contribution in [3.63, 3.8) is 0 Å². The zero-order chi connectivity index (χ0) is 16.2. The second-order valence-corrected chi connectivity index (χ2v) is 6.87. The number of carboxylic acids is 1. The molecule has 0 fully saturated rings. The van der Waals surface area contributed by atoms with Gasteiger partial charge in [-0.1, -0.05) is 31.5 Å². The van der Waals surface area contributed by atoms with Gasteiger partial charge in [0, 0.05) is 10.8 Å². The highest BCUT2D eigenvalue weighted by Crippen LogP contribution is 2.30. The molecule has 0 unspecified atom stereocenters. The van der Waals surface area contributed by atoms with Crippen LogP contribution in [0.4, 0.5) is 0 Å². The van der Waals surface area contributed by atoms with Crippen molar-refractivity contribution in [2.24, 2.45) is 0 Å². The third kappa shape index (κ3) is 4.56. The Morgan fingerprint density at radius 3 is 2.64 bits per heavy atom. The van der Waals surface area contributed by atoms with Crippen molar-refractivity contribution in [2.45, 2.75) is 39.0 Å². The number of benzene rings is 1. The van der Waals surface area contributed by atoms with E-state index in [9.17, 15) is 4.79 Å². The van der Waals surface area contributed by atoms with Gasteiger partial charge in [0.15, 0.2) is 0 Å². The molecule has 0 atom stereocenters. The van der Waals surface area contributed by atoms with Crippen LogP contribution in [-0.4, -0.2) is 22.7 Å². The molecular weight excluding hydrogens is 298 g/mol. The maximum atomic E-state index is 10.7. The maximum absolute atomic E-state index is 10.7. The van der Waals surface area contributed by atoms with Gasteiger partial charge >= 0.3 is 5.97 Å². The molecule has 0 bridgehead atoms. The number of aliphatic carboxylic acids is 1. The Morgan fingerprint density at radius 2 is 2.00 bits per heavy atom. The van der Waals surface area contributed by atoms with Gasteiger partial charge in [0.05, 0.1) is 23.7 Å². The van der Waals surface area contributed by atoms with Crippen molar-refractivity contribution >= 4 is 17.3 Å². The van der Waals surface area contributed by atoms with Gasteiger partial charge in [0.2, 0.25) is 0 Å². The molecule has 0 radical (unpaired) electrons. The minimum absolute atomic E-state index is 0.0214. The van der Waals surface area contributed by atoms with E-state index in [0.717, 1.165) is 17.2 Å². The second kappa shape index (κ2) is 6.92. The van der Waals surface area contributed by atoms with Crippen molar-refractivity contribution in [2.75, 3.05) is 6.61 Å². The molecule has 0 spiro atoms. The Labute approximate surface area is 134 Å². The predicted octanol–water partition coefficient (Wildman–Crippen LogP) is 3.83. The lowest BCUT2D eigenvalue weighted by molar-refractivity contribution is -0.136. The molecule has 0 saturated heterocycles. The average molecular weight is 319 g/mol. The molecule has 1 N–H and O–H groups in total. The van der Waals surface area contributed by atoms with Gasteiger partial charge in [0.25, 0.3) is 0 Å². The molecule has 0 aliphatic heterocycles. The van der Waals surface area contributed by atoms with Crippen molar-refractivity contribution in [1.82, 2.24) is 4.98 Å². The topological polar surface area (TPSA) is 59.4 Å². The van der Waals surface area contributed by atoms with Crippen LogP contribution in [0.15, 0.2) is 29.6 Å². The first-order valence-corrected chi connectivity index (χ1v) is 8.11. The fourth-order valence-corrected chi connectivity index (χ4v) is 2.99. The van der Waals surface area contributed by atoms with Gasteiger partial charge in [-0.15, -0.1) is 11.3 Å². The highest BCUT2D eigenvalue weighted by Gasteiger charge is 2.24. The van der Waals surface area contributed by atoms with E-state index in [4.69, 9.17) is 9.84 Å². The zero-order valence-corrected chi connectivity index (χ0v) is 13.9. The smallest absolute Gasteiger partial charge is 0.309 e. The van der Waals surface area contributed by atoms with Crippen LogP contribution in [0.2, 0.25) is 0 Å². The Bertz CT molecular complexity index is 632. The highest BCUT2D eigenvalue weighted by molar-refractivity contribution is 7.09. The standard InChI is InChI=1S/C17H21NO3S/c1-12-4-6-14(7-5-12)21-9-8-17(2,3)16-18-13(11-22-16)10-15(19)20/h4-7,11H,8-10H2,1-3H3,(H,19,20). The van der Waals surface area contributed by atoms with Crippen molar-refractivity contribution in [3.05, 3.63) is 45.9 Å². The Kier molecular flexibility index (Phi) is 5.19. The molecule has 2 rings (SSSR count). The molecule has 0 saturated carbocycles. The molecule has 0 aliphatic carbocycles. The number of aromatic nitrogens is 1.